The van der Waals surface area contributed by atoms with E-state index in [1.807, 2.05) is 0 Å². The van der Waals surface area contributed by atoms with Gasteiger partial charge in [-0.2, -0.15) is 8.42 Å². The lowest BCUT2D eigenvalue weighted by molar-refractivity contribution is -0.297. The molecule has 0 saturated carbocycles. The zero-order chi connectivity index (χ0) is 39.9. The van der Waals surface area contributed by atoms with Crippen molar-refractivity contribution in [3.63, 3.8) is 0 Å². The van der Waals surface area contributed by atoms with Gasteiger partial charge in [-0.25, -0.2) is 0 Å². The van der Waals surface area contributed by atoms with Gasteiger partial charge in [0, 0.05) is 12.8 Å². The van der Waals surface area contributed by atoms with Crippen LogP contribution < -0.4 is 0 Å². The predicted molar refractivity (Wildman–Crippen MR) is 210 cm³/mol. The first-order valence-corrected chi connectivity index (χ1v) is 22.9. The van der Waals surface area contributed by atoms with Gasteiger partial charge in [0.05, 0.1) is 6.61 Å². The smallest absolute Gasteiger partial charge is 0.306 e. The molecule has 1 fully saturated rings. The van der Waals surface area contributed by atoms with Gasteiger partial charge in [-0.1, -0.05) is 142 Å². The quantitative estimate of drug-likeness (QED) is 0.0211. The Balaban J connectivity index is 2.47. The Kier molecular flexibility index (Phi) is 30.3. The monoisotopic (exact) mass is 793 g/mol. The molecule has 13 heteroatoms. The van der Waals surface area contributed by atoms with E-state index < -0.39 is 71.2 Å². The van der Waals surface area contributed by atoms with Crippen molar-refractivity contribution in [2.24, 2.45) is 0 Å². The molecule has 1 aliphatic heterocycles. The van der Waals surface area contributed by atoms with Gasteiger partial charge in [0.2, 0.25) is 0 Å². The topological polar surface area (TPSA) is 186 Å². The van der Waals surface area contributed by atoms with Gasteiger partial charge in [0.25, 0.3) is 10.1 Å². The van der Waals surface area contributed by atoms with Crippen molar-refractivity contribution in [3.05, 3.63) is 12.2 Å². The highest BCUT2D eigenvalue weighted by Crippen LogP contribution is 2.24. The van der Waals surface area contributed by atoms with E-state index in [-0.39, 0.29) is 19.4 Å². The van der Waals surface area contributed by atoms with Crippen molar-refractivity contribution in [1.29, 1.82) is 0 Å². The molecule has 318 valence electrons. The lowest BCUT2D eigenvalue weighted by Gasteiger charge is -2.40. The van der Waals surface area contributed by atoms with Gasteiger partial charge < -0.3 is 34.3 Å². The largest absolute Gasteiger partial charge is 0.462 e. The van der Waals surface area contributed by atoms with E-state index in [4.69, 9.17) is 18.9 Å². The van der Waals surface area contributed by atoms with Gasteiger partial charge in [-0.3, -0.25) is 14.1 Å². The third-order valence-corrected chi connectivity index (χ3v) is 10.6. The third kappa shape index (κ3) is 27.1. The van der Waals surface area contributed by atoms with Gasteiger partial charge >= 0.3 is 11.9 Å². The van der Waals surface area contributed by atoms with E-state index >= 15 is 0 Å². The van der Waals surface area contributed by atoms with Crippen molar-refractivity contribution < 1.29 is 56.8 Å². The Labute approximate surface area is 326 Å². The van der Waals surface area contributed by atoms with Crippen LogP contribution in [0.25, 0.3) is 0 Å². The van der Waals surface area contributed by atoms with Crippen LogP contribution in [-0.2, 0) is 38.7 Å². The molecule has 1 saturated heterocycles. The van der Waals surface area contributed by atoms with Crippen molar-refractivity contribution in [2.45, 2.75) is 218 Å². The number of aliphatic hydroxyl groups is 3. The molecular formula is C41H76O12S. The first kappa shape index (κ1) is 50.4. The number of unbranched alkanes of at least 4 members (excludes halogenated alkanes) is 21. The molecule has 0 radical (unpaired) electrons. The van der Waals surface area contributed by atoms with Crippen molar-refractivity contribution in [2.75, 3.05) is 19.0 Å². The number of carbonyl (C=O) groups excluding carboxylic acids is 2. The number of carbonyl (C=O) groups is 2. The Hall–Kier alpha value is -1.61. The van der Waals surface area contributed by atoms with Crippen LogP contribution in [0, 0.1) is 0 Å². The fourth-order valence-corrected chi connectivity index (χ4v) is 7.19. The summed E-state index contributed by atoms with van der Waals surface area (Å²) in [5, 5.41) is 30.8. The number of allylic oxidation sites excluding steroid dienone is 2. The van der Waals surface area contributed by atoms with Crippen LogP contribution in [0.5, 0.6) is 0 Å². The SMILES string of the molecule is CCCCCCCCC/C=C\CCCCCCCC(=O)OC(COC(=O)CCCCCCCCCCCC)COC1OC(CS(=O)(=O)O)C(O)C(O)C1O. The lowest BCUT2D eigenvalue weighted by Crippen LogP contribution is -2.60. The molecule has 0 aliphatic carbocycles. The molecule has 6 unspecified atom stereocenters. The Morgan fingerprint density at radius 2 is 1.06 bits per heavy atom. The maximum atomic E-state index is 12.8. The van der Waals surface area contributed by atoms with Crippen molar-refractivity contribution in [3.8, 4) is 0 Å². The van der Waals surface area contributed by atoms with Gasteiger partial charge in [0.1, 0.15) is 36.8 Å². The second-order valence-corrected chi connectivity index (χ2v) is 16.5. The summed E-state index contributed by atoms with van der Waals surface area (Å²) in [7, 11) is -4.60. The summed E-state index contributed by atoms with van der Waals surface area (Å²) in [4.78, 5) is 25.3. The molecule has 12 nitrogen and oxygen atoms in total. The maximum absolute atomic E-state index is 12.8. The summed E-state index contributed by atoms with van der Waals surface area (Å²) in [6.45, 7) is 3.73. The van der Waals surface area contributed by atoms with E-state index in [0.717, 1.165) is 57.8 Å². The molecular weight excluding hydrogens is 717 g/mol. The highest BCUT2D eigenvalue weighted by atomic mass is 32.2. The zero-order valence-electron chi connectivity index (χ0n) is 33.6. The summed E-state index contributed by atoms with van der Waals surface area (Å²) in [5.74, 6) is -1.99. The van der Waals surface area contributed by atoms with Crippen LogP contribution >= 0.6 is 0 Å². The van der Waals surface area contributed by atoms with Crippen molar-refractivity contribution >= 4 is 22.1 Å². The van der Waals surface area contributed by atoms with E-state index in [1.54, 1.807) is 0 Å². The molecule has 1 heterocycles. The van der Waals surface area contributed by atoms with Crippen LogP contribution in [0.3, 0.4) is 0 Å². The minimum Gasteiger partial charge on any atom is -0.462 e. The molecule has 0 spiro atoms. The van der Waals surface area contributed by atoms with Crippen LogP contribution in [0.15, 0.2) is 12.2 Å². The molecule has 54 heavy (non-hydrogen) atoms. The van der Waals surface area contributed by atoms with E-state index in [0.29, 0.717) is 12.8 Å². The zero-order valence-corrected chi connectivity index (χ0v) is 34.4. The first-order valence-electron chi connectivity index (χ1n) is 21.2. The van der Waals surface area contributed by atoms with E-state index in [1.165, 1.54) is 83.5 Å². The summed E-state index contributed by atoms with van der Waals surface area (Å²) in [5.41, 5.74) is 0. The number of esters is 2. The molecule has 4 N–H and O–H groups in total. The maximum Gasteiger partial charge on any atom is 0.306 e. The molecule has 0 aromatic heterocycles. The highest BCUT2D eigenvalue weighted by molar-refractivity contribution is 7.85. The summed E-state index contributed by atoms with van der Waals surface area (Å²) >= 11 is 0. The number of hydrogen-bond donors (Lipinski definition) is 4. The molecule has 6 atom stereocenters. The molecule has 0 amide bonds. The molecule has 1 aliphatic rings. The Morgan fingerprint density at radius 3 is 1.54 bits per heavy atom. The number of ether oxygens (including phenoxy) is 4. The van der Waals surface area contributed by atoms with Crippen LogP contribution in [0.2, 0.25) is 0 Å². The average Bonchev–Trinajstić information content (AvgIpc) is 3.13. The van der Waals surface area contributed by atoms with E-state index in [9.17, 15) is 37.9 Å². The van der Waals surface area contributed by atoms with Gasteiger partial charge in [-0.05, 0) is 38.5 Å². The van der Waals surface area contributed by atoms with Gasteiger partial charge in [-0.15, -0.1) is 0 Å². The number of hydrogen-bond acceptors (Lipinski definition) is 11. The van der Waals surface area contributed by atoms with E-state index in [2.05, 4.69) is 26.0 Å². The minimum atomic E-state index is -4.60. The number of rotatable bonds is 35. The summed E-state index contributed by atoms with van der Waals surface area (Å²) in [6, 6.07) is 0. The second kappa shape index (κ2) is 32.5. The van der Waals surface area contributed by atoms with Gasteiger partial charge in [0.15, 0.2) is 12.4 Å². The molecule has 0 bridgehead atoms. The second-order valence-electron chi connectivity index (χ2n) is 15.0. The normalized spacial score (nSPS) is 21.0. The molecule has 0 aromatic carbocycles. The van der Waals surface area contributed by atoms with Crippen molar-refractivity contribution in [1.82, 2.24) is 0 Å². The minimum absolute atomic E-state index is 0.158. The predicted octanol–water partition coefficient (Wildman–Crippen LogP) is 7.89. The Bertz CT molecular complexity index is 1070. The van der Waals surface area contributed by atoms with Crippen LogP contribution in [0.1, 0.15) is 181 Å². The standard InChI is InChI=1S/C41H76O12S/c1-3-5-7-9-11-13-15-16-17-18-19-20-22-24-26-28-30-37(43)52-34(31-50-36(42)29-27-25-23-21-14-12-10-8-6-4-2)32-51-41-40(46)39(45)38(44)35(53-41)33-54(47,48)49/h17-18,34-35,38-41,44-46H,3-16,19-33H2,1-2H3,(H,47,48,49)/b18-17-. The lowest BCUT2D eigenvalue weighted by atomic mass is 10.00. The molecule has 1 rings (SSSR count). The fraction of sp³-hybridized carbons (Fsp3) is 0.902. The fourth-order valence-electron chi connectivity index (χ4n) is 6.49. The summed E-state index contributed by atoms with van der Waals surface area (Å²) < 4.78 is 53.9. The Morgan fingerprint density at radius 1 is 0.611 bits per heavy atom. The number of aliphatic hydroxyl groups excluding tert-OH is 3. The summed E-state index contributed by atoms with van der Waals surface area (Å²) in [6.07, 6.45) is 22.7. The van der Waals surface area contributed by atoms with Crippen LogP contribution in [-0.4, -0.2) is 96.0 Å². The molecule has 0 aromatic rings. The third-order valence-electron chi connectivity index (χ3n) is 9.85. The van der Waals surface area contributed by atoms with Crippen LogP contribution in [0.4, 0.5) is 0 Å². The highest BCUT2D eigenvalue weighted by Gasteiger charge is 2.46. The average molecular weight is 793 g/mol. The first-order chi connectivity index (χ1) is 26.0.